The van der Waals surface area contributed by atoms with Crippen molar-refractivity contribution in [1.29, 1.82) is 0 Å². The summed E-state index contributed by atoms with van der Waals surface area (Å²) in [7, 11) is 0. The standard InChI is InChI=1S/C13H27.C9H13N2O.Sn/c1-4-7-10-13(11-8-5-2)12-9-6-3;1-8-6-10-11(7-8)9-4-2-3-5-12-9;/h4-12H2,1-3H3;6,9H,2-5H2,1H3;. The zero-order valence-electron chi connectivity index (χ0n) is 17.6. The summed E-state index contributed by atoms with van der Waals surface area (Å²) in [5.74, 6) is 0. The molecule has 1 atom stereocenters. The number of nitrogens with zero attached hydrogens (tertiary/aromatic N) is 2. The van der Waals surface area contributed by atoms with Gasteiger partial charge in [-0.15, -0.1) is 0 Å². The van der Waals surface area contributed by atoms with Gasteiger partial charge in [-0.2, -0.15) is 0 Å². The quantitative estimate of drug-likeness (QED) is 0.356. The summed E-state index contributed by atoms with van der Waals surface area (Å²) < 4.78 is 10.7. The predicted molar refractivity (Wildman–Crippen MR) is 112 cm³/mol. The van der Waals surface area contributed by atoms with E-state index in [-0.39, 0.29) is 6.23 Å². The number of ether oxygens (including phenoxy) is 1. The SMILES string of the molecule is CCCC[C](CCCC)(CCCC)[Sn][c]1c(C)cnn1C1CCCCO1. The van der Waals surface area contributed by atoms with Crippen molar-refractivity contribution >= 4 is 24.9 Å². The third-order valence-electron chi connectivity index (χ3n) is 5.82. The Morgan fingerprint density at radius 3 is 2.19 bits per heavy atom. The number of aryl methyl sites for hydroxylation is 1. The number of hydrogen-bond donors (Lipinski definition) is 0. The van der Waals surface area contributed by atoms with Crippen LogP contribution in [0.3, 0.4) is 0 Å². The van der Waals surface area contributed by atoms with Crippen LogP contribution in [0.1, 0.15) is 110 Å². The van der Waals surface area contributed by atoms with Gasteiger partial charge in [-0.25, -0.2) is 0 Å². The van der Waals surface area contributed by atoms with Gasteiger partial charge in [0.2, 0.25) is 0 Å². The molecule has 4 heteroatoms. The second-order valence-corrected chi connectivity index (χ2v) is 13.3. The molecule has 1 fully saturated rings. The van der Waals surface area contributed by atoms with Gasteiger partial charge in [-0.05, 0) is 0 Å². The van der Waals surface area contributed by atoms with E-state index in [1.807, 2.05) is 0 Å². The number of unbranched alkanes of at least 4 members (excludes halogenated alkanes) is 3. The van der Waals surface area contributed by atoms with E-state index in [0.717, 1.165) is 13.0 Å². The second-order valence-electron chi connectivity index (χ2n) is 8.16. The van der Waals surface area contributed by atoms with Crippen molar-refractivity contribution in [2.45, 2.75) is 114 Å². The van der Waals surface area contributed by atoms with Crippen molar-refractivity contribution in [1.82, 2.24) is 9.78 Å². The molecule has 0 amide bonds. The Balaban J connectivity index is 2.25. The average molecular weight is 467 g/mol. The van der Waals surface area contributed by atoms with Crippen LogP contribution in [0, 0.1) is 6.92 Å². The zero-order valence-corrected chi connectivity index (χ0v) is 20.5. The number of hydrogen-bond acceptors (Lipinski definition) is 2. The molecule has 0 saturated carbocycles. The normalized spacial score (nSPS) is 18.4. The Hall–Kier alpha value is -0.0313. The Kier molecular flexibility index (Phi) is 10.0. The summed E-state index contributed by atoms with van der Waals surface area (Å²) in [5.41, 5.74) is 1.43. The van der Waals surface area contributed by atoms with E-state index in [1.165, 1.54) is 76.2 Å². The van der Waals surface area contributed by atoms with E-state index < -0.39 is 21.1 Å². The molecular weight excluding hydrogens is 427 g/mol. The fourth-order valence-electron chi connectivity index (χ4n) is 4.10. The molecule has 0 aromatic carbocycles. The maximum atomic E-state index is 6.10. The van der Waals surface area contributed by atoms with Gasteiger partial charge in [0.1, 0.15) is 0 Å². The topological polar surface area (TPSA) is 27.1 Å². The van der Waals surface area contributed by atoms with Crippen molar-refractivity contribution in [3.8, 4) is 0 Å². The van der Waals surface area contributed by atoms with E-state index in [0.29, 0.717) is 3.43 Å². The van der Waals surface area contributed by atoms with Gasteiger partial charge in [0.25, 0.3) is 0 Å². The summed E-state index contributed by atoms with van der Waals surface area (Å²) in [6.07, 6.45) is 18.4. The van der Waals surface area contributed by atoms with Crippen LogP contribution < -0.4 is 3.71 Å². The minimum atomic E-state index is -0.760. The first-order valence-electron chi connectivity index (χ1n) is 11.1. The van der Waals surface area contributed by atoms with Crippen molar-refractivity contribution in [2.75, 3.05) is 6.61 Å². The first-order chi connectivity index (χ1) is 12.7. The van der Waals surface area contributed by atoms with Crippen LogP contribution >= 0.6 is 0 Å². The molecule has 0 aliphatic carbocycles. The summed E-state index contributed by atoms with van der Waals surface area (Å²) in [6.45, 7) is 10.2. The maximum absolute atomic E-state index is 6.10. The van der Waals surface area contributed by atoms with Gasteiger partial charge >= 0.3 is 172 Å². The molecule has 1 aromatic rings. The van der Waals surface area contributed by atoms with Gasteiger partial charge in [0, 0.05) is 0 Å². The molecule has 1 aromatic heterocycles. The fourth-order valence-corrected chi connectivity index (χ4v) is 9.77. The van der Waals surface area contributed by atoms with Crippen LogP contribution in [-0.2, 0) is 4.74 Å². The molecule has 1 aliphatic rings. The summed E-state index contributed by atoms with van der Waals surface area (Å²) >= 11 is -0.760. The van der Waals surface area contributed by atoms with Crippen molar-refractivity contribution < 1.29 is 4.74 Å². The molecule has 148 valence electrons. The summed E-state index contributed by atoms with van der Waals surface area (Å²) in [5, 5.41) is 4.80. The fraction of sp³-hybridized carbons (Fsp3) is 0.864. The van der Waals surface area contributed by atoms with E-state index in [1.54, 1.807) is 3.71 Å². The molecule has 0 spiro atoms. The Labute approximate surface area is 171 Å². The molecule has 2 radical (unpaired) electrons. The van der Waals surface area contributed by atoms with E-state index in [9.17, 15) is 0 Å². The van der Waals surface area contributed by atoms with Gasteiger partial charge in [-0.3, -0.25) is 0 Å². The third kappa shape index (κ3) is 6.25. The first kappa shape index (κ1) is 22.3. The van der Waals surface area contributed by atoms with Crippen LogP contribution in [0.25, 0.3) is 0 Å². The van der Waals surface area contributed by atoms with Crippen LogP contribution in [0.5, 0.6) is 0 Å². The Morgan fingerprint density at radius 2 is 1.69 bits per heavy atom. The molecule has 0 N–H and O–H groups in total. The molecule has 1 aliphatic heterocycles. The Bertz CT molecular complexity index is 486. The van der Waals surface area contributed by atoms with Gasteiger partial charge in [-0.1, -0.05) is 0 Å². The molecule has 2 heterocycles. The van der Waals surface area contributed by atoms with Gasteiger partial charge in [0.05, 0.1) is 0 Å². The minimum absolute atomic E-state index is 0.203. The van der Waals surface area contributed by atoms with Gasteiger partial charge < -0.3 is 0 Å². The van der Waals surface area contributed by atoms with E-state index in [4.69, 9.17) is 9.84 Å². The molecule has 2 rings (SSSR count). The van der Waals surface area contributed by atoms with Crippen molar-refractivity contribution in [2.24, 2.45) is 0 Å². The molecule has 1 unspecified atom stereocenters. The molecule has 26 heavy (non-hydrogen) atoms. The molecular formula is C22H40N2OSn. The molecule has 0 bridgehead atoms. The Morgan fingerprint density at radius 1 is 1.08 bits per heavy atom. The summed E-state index contributed by atoms with van der Waals surface area (Å²) in [6, 6.07) is 0. The zero-order chi connectivity index (χ0) is 18.8. The van der Waals surface area contributed by atoms with Crippen LogP contribution in [0.2, 0.25) is 3.43 Å². The summed E-state index contributed by atoms with van der Waals surface area (Å²) in [4.78, 5) is 0. The van der Waals surface area contributed by atoms with Crippen LogP contribution in [0.15, 0.2) is 6.20 Å². The van der Waals surface area contributed by atoms with Gasteiger partial charge in [0.15, 0.2) is 0 Å². The second kappa shape index (κ2) is 11.7. The van der Waals surface area contributed by atoms with Crippen molar-refractivity contribution in [3.63, 3.8) is 0 Å². The van der Waals surface area contributed by atoms with Crippen LogP contribution in [-0.4, -0.2) is 37.5 Å². The molecule has 1 saturated heterocycles. The third-order valence-corrected chi connectivity index (χ3v) is 11.9. The van der Waals surface area contributed by atoms with E-state index >= 15 is 0 Å². The monoisotopic (exact) mass is 468 g/mol. The van der Waals surface area contributed by atoms with Crippen LogP contribution in [0.4, 0.5) is 0 Å². The van der Waals surface area contributed by atoms with E-state index in [2.05, 4.69) is 38.6 Å². The number of aromatic nitrogens is 2. The van der Waals surface area contributed by atoms with Crippen molar-refractivity contribution in [3.05, 3.63) is 11.8 Å². The predicted octanol–water partition coefficient (Wildman–Crippen LogP) is 5.95. The number of rotatable bonds is 12. The molecule has 3 nitrogen and oxygen atoms in total. The first-order valence-corrected chi connectivity index (χ1v) is 13.9. The average Bonchev–Trinajstić information content (AvgIpc) is 3.03.